The summed E-state index contributed by atoms with van der Waals surface area (Å²) in [6, 6.07) is 7.71. The third-order valence-corrected chi connectivity index (χ3v) is 3.77. The Morgan fingerprint density at radius 3 is 2.39 bits per heavy atom. The van der Waals surface area contributed by atoms with Crippen molar-refractivity contribution in [3.05, 3.63) is 53.6 Å². The van der Waals surface area contributed by atoms with E-state index in [4.69, 9.17) is 0 Å². The van der Waals surface area contributed by atoms with E-state index in [-0.39, 0.29) is 6.54 Å². The van der Waals surface area contributed by atoms with E-state index in [2.05, 4.69) is 10.3 Å². The second-order valence-electron chi connectivity index (χ2n) is 5.63. The third kappa shape index (κ3) is 3.92. The molecule has 0 aliphatic heterocycles. The van der Waals surface area contributed by atoms with Gasteiger partial charge in [0.05, 0.1) is 0 Å². The van der Waals surface area contributed by atoms with Crippen molar-refractivity contribution in [3.8, 4) is 0 Å². The number of hydrogen-bond donors (Lipinski definition) is 2. The van der Waals surface area contributed by atoms with Crippen molar-refractivity contribution in [2.45, 2.75) is 31.7 Å². The molecule has 2 rings (SSSR count). The third-order valence-electron chi connectivity index (χ3n) is 3.77. The molecule has 0 aliphatic carbocycles. The Hall–Kier alpha value is -1.86. The highest BCUT2D eigenvalue weighted by molar-refractivity contribution is 5.21. The van der Waals surface area contributed by atoms with Gasteiger partial charge in [-0.3, -0.25) is 0 Å². The van der Waals surface area contributed by atoms with E-state index in [1.165, 1.54) is 24.0 Å². The van der Waals surface area contributed by atoms with Gasteiger partial charge in [0.25, 0.3) is 0 Å². The Kier molecular flexibility index (Phi) is 5.11. The second kappa shape index (κ2) is 6.72. The van der Waals surface area contributed by atoms with Crippen LogP contribution >= 0.6 is 0 Å². The molecule has 1 heterocycles. The van der Waals surface area contributed by atoms with E-state index in [0.29, 0.717) is 6.54 Å². The summed E-state index contributed by atoms with van der Waals surface area (Å²) < 4.78 is 41.1. The van der Waals surface area contributed by atoms with E-state index in [1.807, 2.05) is 31.2 Å². The Morgan fingerprint density at radius 1 is 1.22 bits per heavy atom. The van der Waals surface area contributed by atoms with Gasteiger partial charge in [0.1, 0.15) is 5.82 Å². The molecule has 0 fully saturated rings. The molecule has 7 heteroatoms. The van der Waals surface area contributed by atoms with Crippen molar-refractivity contribution in [1.82, 2.24) is 14.9 Å². The van der Waals surface area contributed by atoms with Crippen LogP contribution in [0.5, 0.6) is 0 Å². The molecule has 1 unspecified atom stereocenters. The summed E-state index contributed by atoms with van der Waals surface area (Å²) in [5.74, 6) is -0.401. The van der Waals surface area contributed by atoms with Crippen LogP contribution in [0.2, 0.25) is 0 Å². The lowest BCUT2D eigenvalue weighted by Gasteiger charge is -2.30. The molecule has 0 amide bonds. The van der Waals surface area contributed by atoms with Crippen LogP contribution in [0.4, 0.5) is 13.2 Å². The first-order valence-electron chi connectivity index (χ1n) is 7.27. The number of halogens is 3. The number of aliphatic hydroxyl groups is 1. The molecule has 1 aromatic heterocycles. The van der Waals surface area contributed by atoms with E-state index in [1.54, 1.807) is 0 Å². The molecule has 0 radical (unpaired) electrons. The van der Waals surface area contributed by atoms with Crippen LogP contribution in [-0.2, 0) is 19.2 Å². The number of rotatable bonds is 6. The molecular weight excluding hydrogens is 307 g/mol. The fraction of sp³-hybridized carbons (Fsp3) is 0.438. The van der Waals surface area contributed by atoms with E-state index in [0.717, 1.165) is 11.1 Å². The van der Waals surface area contributed by atoms with Crippen LogP contribution in [-0.4, -0.2) is 27.4 Å². The fourth-order valence-electron chi connectivity index (χ4n) is 2.35. The van der Waals surface area contributed by atoms with Gasteiger partial charge in [-0.05, 0) is 19.0 Å². The van der Waals surface area contributed by atoms with Crippen LogP contribution in [0.1, 0.15) is 23.4 Å². The fourth-order valence-corrected chi connectivity index (χ4v) is 2.35. The Labute approximate surface area is 133 Å². The lowest BCUT2D eigenvalue weighted by atomic mass is 9.97. The number of imidazole rings is 1. The largest absolute Gasteiger partial charge is 0.424 e. The number of benzene rings is 1. The van der Waals surface area contributed by atoms with Crippen molar-refractivity contribution >= 4 is 0 Å². The second-order valence-corrected chi connectivity index (χ2v) is 5.63. The molecule has 0 bridgehead atoms. The molecule has 0 spiro atoms. The lowest BCUT2D eigenvalue weighted by Crippen LogP contribution is -2.46. The molecule has 2 aromatic rings. The molecule has 2 N–H and O–H groups in total. The van der Waals surface area contributed by atoms with Gasteiger partial charge in [-0.15, -0.1) is 0 Å². The first-order valence-corrected chi connectivity index (χ1v) is 7.27. The SMILES string of the molecule is Cc1ccc(CNCCC(O)(c2nccn2C)C(F)(F)F)cc1. The van der Waals surface area contributed by atoms with Crippen LogP contribution in [0.3, 0.4) is 0 Å². The smallest absolute Gasteiger partial charge is 0.374 e. The average molecular weight is 327 g/mol. The van der Waals surface area contributed by atoms with Crippen molar-refractivity contribution in [2.24, 2.45) is 7.05 Å². The van der Waals surface area contributed by atoms with Crippen molar-refractivity contribution in [3.63, 3.8) is 0 Å². The Morgan fingerprint density at radius 2 is 1.87 bits per heavy atom. The average Bonchev–Trinajstić information content (AvgIpc) is 2.90. The number of nitrogens with zero attached hydrogens (tertiary/aromatic N) is 2. The van der Waals surface area contributed by atoms with Gasteiger partial charge in [-0.2, -0.15) is 13.2 Å². The topological polar surface area (TPSA) is 50.1 Å². The van der Waals surface area contributed by atoms with Gasteiger partial charge in [0.15, 0.2) is 0 Å². The molecule has 0 saturated carbocycles. The molecule has 4 nitrogen and oxygen atoms in total. The standard InChI is InChI=1S/C16H20F3N3O/c1-12-3-5-13(6-4-12)11-20-8-7-15(23,16(17,18)19)14-21-9-10-22(14)2/h3-6,9-10,20,23H,7-8,11H2,1-2H3. The monoisotopic (exact) mass is 327 g/mol. The van der Waals surface area contributed by atoms with E-state index in [9.17, 15) is 18.3 Å². The quantitative estimate of drug-likeness (QED) is 0.802. The normalized spacial score (nSPS) is 14.7. The molecule has 1 aromatic carbocycles. The van der Waals surface area contributed by atoms with Gasteiger partial charge in [-0.25, -0.2) is 4.98 Å². The van der Waals surface area contributed by atoms with Crippen LogP contribution in [0, 0.1) is 6.92 Å². The first-order chi connectivity index (χ1) is 10.7. The maximum Gasteiger partial charge on any atom is 0.424 e. The minimum atomic E-state index is -4.79. The summed E-state index contributed by atoms with van der Waals surface area (Å²) in [5.41, 5.74) is -0.871. The molecule has 1 atom stereocenters. The highest BCUT2D eigenvalue weighted by Crippen LogP contribution is 2.40. The van der Waals surface area contributed by atoms with Gasteiger partial charge < -0.3 is 15.0 Å². The summed E-state index contributed by atoms with van der Waals surface area (Å²) in [6.07, 6.45) is -2.68. The number of hydrogen-bond acceptors (Lipinski definition) is 3. The molecule has 0 aliphatic rings. The maximum absolute atomic E-state index is 13.3. The van der Waals surface area contributed by atoms with Crippen LogP contribution in [0.15, 0.2) is 36.7 Å². The summed E-state index contributed by atoms with van der Waals surface area (Å²) >= 11 is 0. The van der Waals surface area contributed by atoms with Crippen molar-refractivity contribution < 1.29 is 18.3 Å². The predicted molar refractivity (Wildman–Crippen MR) is 80.7 cm³/mol. The van der Waals surface area contributed by atoms with Crippen LogP contribution in [0.25, 0.3) is 0 Å². The first kappa shape index (κ1) is 17.5. The Bertz CT molecular complexity index is 637. The number of nitrogens with one attached hydrogen (secondary N) is 1. The number of alkyl halides is 3. The summed E-state index contributed by atoms with van der Waals surface area (Å²) in [4.78, 5) is 3.67. The van der Waals surface area contributed by atoms with Gasteiger partial charge >= 0.3 is 6.18 Å². The van der Waals surface area contributed by atoms with E-state index < -0.39 is 24.0 Å². The van der Waals surface area contributed by atoms with Gasteiger partial charge in [0, 0.05) is 32.4 Å². The number of aryl methyl sites for hydroxylation is 2. The highest BCUT2D eigenvalue weighted by atomic mass is 19.4. The summed E-state index contributed by atoms with van der Waals surface area (Å²) in [5, 5.41) is 13.1. The zero-order valence-electron chi connectivity index (χ0n) is 13.1. The van der Waals surface area contributed by atoms with Crippen molar-refractivity contribution in [2.75, 3.05) is 6.54 Å². The minimum Gasteiger partial charge on any atom is -0.374 e. The number of aromatic nitrogens is 2. The molecule has 0 saturated heterocycles. The Balaban J connectivity index is 2.00. The van der Waals surface area contributed by atoms with E-state index >= 15 is 0 Å². The summed E-state index contributed by atoms with van der Waals surface area (Å²) in [6.45, 7) is 2.42. The lowest BCUT2D eigenvalue weighted by molar-refractivity contribution is -0.272. The summed E-state index contributed by atoms with van der Waals surface area (Å²) in [7, 11) is 1.43. The minimum absolute atomic E-state index is 0.0107. The molecular formula is C16H20F3N3O. The van der Waals surface area contributed by atoms with Crippen molar-refractivity contribution in [1.29, 1.82) is 0 Å². The molecule has 126 valence electrons. The maximum atomic E-state index is 13.3. The van der Waals surface area contributed by atoms with Gasteiger partial charge in [0.2, 0.25) is 5.60 Å². The highest BCUT2D eigenvalue weighted by Gasteiger charge is 2.56. The van der Waals surface area contributed by atoms with Crippen LogP contribution < -0.4 is 5.32 Å². The predicted octanol–water partition coefficient (Wildman–Crippen LogP) is 2.66. The zero-order valence-corrected chi connectivity index (χ0v) is 13.1. The zero-order chi connectivity index (χ0) is 17.1. The van der Waals surface area contributed by atoms with Gasteiger partial charge in [-0.1, -0.05) is 29.8 Å². The molecule has 23 heavy (non-hydrogen) atoms.